The second kappa shape index (κ2) is 20.8. The van der Waals surface area contributed by atoms with Gasteiger partial charge in [0.15, 0.2) is 0 Å². The Hall–Kier alpha value is -0.530. The van der Waals surface area contributed by atoms with Crippen molar-refractivity contribution in [2.24, 2.45) is 5.92 Å². The van der Waals surface area contributed by atoms with Crippen molar-refractivity contribution in [1.82, 2.24) is 0 Å². The van der Waals surface area contributed by atoms with Gasteiger partial charge < -0.3 is 5.11 Å². The molecule has 0 atom stereocenters. The minimum absolute atomic E-state index is 0.292. The molecule has 1 saturated carbocycles. The fraction of sp³-hybridized carbons (Fsp3) is 0.958. The van der Waals surface area contributed by atoms with Gasteiger partial charge in [-0.05, 0) is 12.3 Å². The molecule has 0 aromatic rings. The highest BCUT2D eigenvalue weighted by atomic mass is 16.4. The first kappa shape index (κ1) is 25.5. The molecule has 1 fully saturated rings. The molecule has 0 bridgehead atoms. The number of hydrogen-bond donors (Lipinski definition) is 1. The molecule has 1 aliphatic carbocycles. The lowest BCUT2D eigenvalue weighted by molar-refractivity contribution is -0.137. The molecule has 156 valence electrons. The van der Waals surface area contributed by atoms with Gasteiger partial charge in [0.25, 0.3) is 0 Å². The van der Waals surface area contributed by atoms with Crippen LogP contribution in [-0.4, -0.2) is 11.1 Å². The zero-order chi connectivity index (χ0) is 19.3. The minimum atomic E-state index is -0.711. The van der Waals surface area contributed by atoms with Gasteiger partial charge in [0.1, 0.15) is 0 Å². The number of rotatable bonds is 15. The molecule has 0 amide bonds. The number of carboxylic acid groups (broad SMARTS) is 1. The highest BCUT2D eigenvalue weighted by Crippen LogP contribution is 2.28. The number of aliphatic carboxylic acids is 1. The summed E-state index contributed by atoms with van der Waals surface area (Å²) >= 11 is 0. The highest BCUT2D eigenvalue weighted by molar-refractivity contribution is 5.66. The van der Waals surface area contributed by atoms with Crippen LogP contribution in [-0.2, 0) is 4.79 Å². The lowest BCUT2D eigenvalue weighted by atomic mass is 9.85. The lowest BCUT2D eigenvalue weighted by Crippen LogP contribution is -2.05. The van der Waals surface area contributed by atoms with Crippen LogP contribution in [0.15, 0.2) is 0 Å². The van der Waals surface area contributed by atoms with Gasteiger partial charge in [-0.2, -0.15) is 0 Å². The largest absolute Gasteiger partial charge is 0.481 e. The number of carbonyl (C=O) groups is 1. The van der Waals surface area contributed by atoms with E-state index in [0.717, 1.165) is 12.3 Å². The Balaban J connectivity index is 0.000000896. The lowest BCUT2D eigenvalue weighted by Gasteiger charge is -2.21. The minimum Gasteiger partial charge on any atom is -0.481 e. The average molecular weight is 369 g/mol. The molecule has 0 saturated heterocycles. The summed E-state index contributed by atoms with van der Waals surface area (Å²) in [7, 11) is 0. The summed E-state index contributed by atoms with van der Waals surface area (Å²) < 4.78 is 0. The van der Waals surface area contributed by atoms with Crippen LogP contribution >= 0.6 is 0 Å². The zero-order valence-corrected chi connectivity index (χ0v) is 18.1. The first-order valence-electron chi connectivity index (χ1n) is 11.9. The van der Waals surface area contributed by atoms with Crippen molar-refractivity contribution < 1.29 is 9.90 Å². The van der Waals surface area contributed by atoms with Gasteiger partial charge in [0.2, 0.25) is 0 Å². The van der Waals surface area contributed by atoms with Crippen LogP contribution in [0.3, 0.4) is 0 Å². The normalized spacial score (nSPS) is 14.7. The third kappa shape index (κ3) is 19.8. The summed E-state index contributed by atoms with van der Waals surface area (Å²) in [5, 5.41) is 7.91. The fourth-order valence-corrected chi connectivity index (χ4v) is 3.96. The summed E-state index contributed by atoms with van der Waals surface area (Å²) in [6.45, 7) is 4.14. The van der Waals surface area contributed by atoms with E-state index in [1.165, 1.54) is 116 Å². The molecule has 0 radical (unpaired) electrons. The van der Waals surface area contributed by atoms with Crippen LogP contribution in [0.1, 0.15) is 142 Å². The molecular formula is C24H48O2. The molecule has 0 unspecified atom stereocenters. The number of unbranched alkanes of at least 4 members (excludes halogenated alkanes) is 11. The van der Waals surface area contributed by atoms with Crippen molar-refractivity contribution in [2.45, 2.75) is 142 Å². The summed E-state index contributed by atoms with van der Waals surface area (Å²) in [6.07, 6.45) is 28.0. The van der Waals surface area contributed by atoms with Gasteiger partial charge in [-0.3, -0.25) is 4.79 Å². The maximum absolute atomic E-state index is 9.60. The monoisotopic (exact) mass is 368 g/mol. The molecule has 1 rings (SSSR count). The third-order valence-corrected chi connectivity index (χ3v) is 5.65. The number of carboxylic acids is 1. The van der Waals surface area contributed by atoms with Gasteiger partial charge in [0.05, 0.1) is 0 Å². The Morgan fingerprint density at radius 2 is 1.15 bits per heavy atom. The molecule has 26 heavy (non-hydrogen) atoms. The van der Waals surface area contributed by atoms with Crippen molar-refractivity contribution in [3.63, 3.8) is 0 Å². The van der Waals surface area contributed by atoms with Crippen molar-refractivity contribution in [2.75, 3.05) is 0 Å². The van der Waals surface area contributed by atoms with E-state index in [0.29, 0.717) is 6.42 Å². The Labute approximate surface area is 164 Å². The molecule has 0 heterocycles. The molecule has 0 aromatic heterocycles. The van der Waals surface area contributed by atoms with Crippen molar-refractivity contribution in [1.29, 1.82) is 0 Å². The van der Waals surface area contributed by atoms with Crippen LogP contribution in [0.25, 0.3) is 0 Å². The second-order valence-electron chi connectivity index (χ2n) is 8.33. The zero-order valence-electron chi connectivity index (χ0n) is 18.1. The van der Waals surface area contributed by atoms with E-state index >= 15 is 0 Å². The molecule has 1 aliphatic rings. The van der Waals surface area contributed by atoms with Crippen LogP contribution in [0.4, 0.5) is 0 Å². The fourth-order valence-electron chi connectivity index (χ4n) is 3.96. The summed E-state index contributed by atoms with van der Waals surface area (Å²) in [5.41, 5.74) is 0. The average Bonchev–Trinajstić information content (AvgIpc) is 2.64. The van der Waals surface area contributed by atoms with E-state index in [9.17, 15) is 4.79 Å². The molecule has 2 nitrogen and oxygen atoms in total. The standard InChI is InChI=1S/C20H40.C4H8O2/c1-2-3-4-5-6-7-8-9-10-11-12-14-17-20-18-15-13-16-19-20;1-2-3-4(5)6/h20H,2-19H2,1H3;2-3H2,1H3,(H,5,6). The summed E-state index contributed by atoms with van der Waals surface area (Å²) in [4.78, 5) is 9.60. The Morgan fingerprint density at radius 1 is 0.692 bits per heavy atom. The predicted molar refractivity (Wildman–Crippen MR) is 115 cm³/mol. The van der Waals surface area contributed by atoms with Crippen molar-refractivity contribution >= 4 is 5.97 Å². The van der Waals surface area contributed by atoms with Crippen molar-refractivity contribution in [3.05, 3.63) is 0 Å². The maximum Gasteiger partial charge on any atom is 0.303 e. The van der Waals surface area contributed by atoms with E-state index in [1.54, 1.807) is 0 Å². The molecule has 0 spiro atoms. The molecular weight excluding hydrogens is 320 g/mol. The van der Waals surface area contributed by atoms with E-state index < -0.39 is 5.97 Å². The van der Waals surface area contributed by atoms with E-state index in [4.69, 9.17) is 5.11 Å². The second-order valence-corrected chi connectivity index (χ2v) is 8.33. The predicted octanol–water partition coefficient (Wildman–Crippen LogP) is 8.53. The summed E-state index contributed by atoms with van der Waals surface area (Å²) in [6, 6.07) is 0. The van der Waals surface area contributed by atoms with Gasteiger partial charge in [0, 0.05) is 6.42 Å². The molecule has 2 heteroatoms. The first-order valence-corrected chi connectivity index (χ1v) is 11.9. The van der Waals surface area contributed by atoms with Crippen molar-refractivity contribution in [3.8, 4) is 0 Å². The van der Waals surface area contributed by atoms with Gasteiger partial charge in [-0.15, -0.1) is 0 Å². The van der Waals surface area contributed by atoms with Gasteiger partial charge in [-0.1, -0.05) is 129 Å². The topological polar surface area (TPSA) is 37.3 Å². The Bertz CT molecular complexity index is 282. The van der Waals surface area contributed by atoms with E-state index in [1.807, 2.05) is 6.92 Å². The van der Waals surface area contributed by atoms with Crippen LogP contribution in [0, 0.1) is 5.92 Å². The van der Waals surface area contributed by atoms with Crippen LogP contribution in [0.2, 0.25) is 0 Å². The summed E-state index contributed by atoms with van der Waals surface area (Å²) in [5.74, 6) is 0.393. The van der Waals surface area contributed by atoms with Gasteiger partial charge >= 0.3 is 5.97 Å². The van der Waals surface area contributed by atoms with Crippen LogP contribution in [0.5, 0.6) is 0 Å². The van der Waals surface area contributed by atoms with Gasteiger partial charge in [-0.25, -0.2) is 0 Å². The SMILES string of the molecule is CCCC(=O)O.CCCCCCCCCCCCCCC1CCCCC1. The molecule has 0 aliphatic heterocycles. The number of hydrogen-bond acceptors (Lipinski definition) is 1. The first-order chi connectivity index (χ1) is 12.7. The van der Waals surface area contributed by atoms with E-state index in [-0.39, 0.29) is 0 Å². The quantitative estimate of drug-likeness (QED) is 0.294. The van der Waals surface area contributed by atoms with E-state index in [2.05, 4.69) is 6.92 Å². The Kier molecular flexibility index (Phi) is 20.4. The van der Waals surface area contributed by atoms with Crippen LogP contribution < -0.4 is 0 Å². The maximum atomic E-state index is 9.60. The molecule has 0 aromatic carbocycles. The highest BCUT2D eigenvalue weighted by Gasteiger charge is 2.12. The third-order valence-electron chi connectivity index (χ3n) is 5.65. The smallest absolute Gasteiger partial charge is 0.303 e. The Morgan fingerprint density at radius 3 is 1.54 bits per heavy atom. The molecule has 1 N–H and O–H groups in total.